The Balaban J connectivity index is -0.000000121. The monoisotopic (exact) mass is 1170 g/mol. The fourth-order valence-corrected chi connectivity index (χ4v) is 22.1. The number of ether oxygens (including phenoxy) is 3. The molecule has 2 N–H and O–H groups in total. The van der Waals surface area contributed by atoms with E-state index < -0.39 is 75.8 Å². The van der Waals surface area contributed by atoms with Crippen LogP contribution in [0.15, 0.2) is 36.5 Å². The van der Waals surface area contributed by atoms with Gasteiger partial charge in [0.1, 0.15) is 0 Å². The summed E-state index contributed by atoms with van der Waals surface area (Å²) in [4.78, 5) is 43.4. The van der Waals surface area contributed by atoms with Gasteiger partial charge in [-0.2, -0.15) is 21.6 Å². The van der Waals surface area contributed by atoms with E-state index in [0.717, 1.165) is 56.7 Å². The highest BCUT2D eigenvalue weighted by molar-refractivity contribution is 7.86. The summed E-state index contributed by atoms with van der Waals surface area (Å²) in [6.45, 7) is 46.6. The fourth-order valence-electron chi connectivity index (χ4n) is 4.50. The average Bonchev–Trinajstić information content (AvgIpc) is 3.12. The third kappa shape index (κ3) is 66.6. The summed E-state index contributed by atoms with van der Waals surface area (Å²) in [5.74, 6) is -0.983. The molecule has 0 rings (SSSR count). The number of carbonyl (C=O) groups is 3. The molecule has 0 spiro atoms. The molecule has 0 saturated carbocycles. The molecule has 0 aromatic rings. The van der Waals surface area contributed by atoms with Crippen LogP contribution in [0, 0.1) is 0 Å². The van der Waals surface area contributed by atoms with E-state index in [2.05, 4.69) is 98.3 Å². The molecule has 1 atom stereocenters. The van der Waals surface area contributed by atoms with Crippen molar-refractivity contribution < 1.29 is 80.7 Å². The van der Waals surface area contributed by atoms with Gasteiger partial charge >= 0.3 is 42.1 Å². The van der Waals surface area contributed by atoms with Gasteiger partial charge in [0.15, 0.2) is 42.3 Å². The normalized spacial score (nSPS) is 11.8. The molecule has 0 amide bonds. The summed E-state index contributed by atoms with van der Waals surface area (Å²) in [6.07, 6.45) is 5.30. The van der Waals surface area contributed by atoms with E-state index in [1.807, 2.05) is 13.1 Å². The number of hydrogen-bond acceptors (Lipinski definition) is 14. The molecule has 432 valence electrons. The first-order valence-electron chi connectivity index (χ1n) is 22.2. The van der Waals surface area contributed by atoms with Crippen molar-refractivity contribution >= 4 is 88.2 Å². The van der Waals surface area contributed by atoms with Gasteiger partial charge in [-0.25, -0.2) is 14.4 Å². The summed E-state index contributed by atoms with van der Waals surface area (Å²) in [5, 5.41) is 0. The molecule has 0 aliphatic rings. The molecule has 0 aliphatic heterocycles. The Kier molecular flexibility index (Phi) is 55.0. The van der Waals surface area contributed by atoms with Crippen LogP contribution in [0.25, 0.3) is 0 Å². The summed E-state index contributed by atoms with van der Waals surface area (Å²) in [6, 6.07) is 2.85. The van der Waals surface area contributed by atoms with Gasteiger partial charge in [0.2, 0.25) is 0 Å². The van der Waals surface area contributed by atoms with E-state index in [1.165, 1.54) is 0 Å². The predicted octanol–water partition coefficient (Wildman–Crippen LogP) is 12.9. The quantitative estimate of drug-likeness (QED) is 0.0157. The molecule has 0 fully saturated rings. The fraction of sp³-hybridized carbons (Fsp3) is 0.800. The zero-order chi connectivity index (χ0) is 54.3. The van der Waals surface area contributed by atoms with Gasteiger partial charge < -0.3 is 40.2 Å². The largest absolute Gasteiger partial charge is 0.522 e. The average molecular weight is 1170 g/mol. The highest BCUT2D eigenvalue weighted by Crippen LogP contribution is 2.24. The number of unbranched alkanes of at least 4 members (excludes halogenated alkanes) is 3. The SMILES string of the molecule is C.C.C.C.C=C(C)C(=O)OCCCC[Si](C)(C)O.C=C(C)C(=O)OCCCC[Si](C)(C)O[SiH](C)O[Si](C)(C)O[Si](C)(C)CCCCOC(=O)C(=C)C.CO[SiH](C)C.CO[Si](C)(C)C.O=S(=O)(O)C(F)(F)F. The third-order valence-electron chi connectivity index (χ3n) is 8.11. The minimum Gasteiger partial charge on any atom is -0.462 e. The first kappa shape index (κ1) is 89.2. The zero-order valence-electron chi connectivity index (χ0n) is 44.5. The molecular formula is C45H107F3O15SSi7. The Labute approximate surface area is 441 Å². The number of rotatable bonds is 26. The molecule has 0 aromatic carbocycles. The topological polar surface area (TPSA) is 200 Å². The molecule has 26 heteroatoms. The first-order chi connectivity index (χ1) is 29.9. The highest BCUT2D eigenvalue weighted by Gasteiger charge is 2.44. The van der Waals surface area contributed by atoms with Gasteiger partial charge in [0.05, 0.1) is 19.8 Å². The lowest BCUT2D eigenvalue weighted by Gasteiger charge is -2.37. The van der Waals surface area contributed by atoms with Gasteiger partial charge in [-0.15, -0.1) is 0 Å². The van der Waals surface area contributed by atoms with E-state index in [4.69, 9.17) is 48.4 Å². The first-order valence-corrected chi connectivity index (χ1v) is 44.2. The maximum atomic E-state index is 11.5. The van der Waals surface area contributed by atoms with Gasteiger partial charge in [0.25, 0.3) is 9.28 Å². The molecule has 0 aliphatic carbocycles. The highest BCUT2D eigenvalue weighted by atomic mass is 32.2. The number of carbonyl (C=O) groups excluding carboxylic acids is 3. The lowest BCUT2D eigenvalue weighted by Crippen LogP contribution is -2.51. The second kappa shape index (κ2) is 43.8. The lowest BCUT2D eigenvalue weighted by molar-refractivity contribution is -0.139. The van der Waals surface area contributed by atoms with Crippen molar-refractivity contribution in [3.8, 4) is 0 Å². The van der Waals surface area contributed by atoms with Crippen LogP contribution in [-0.2, 0) is 59.9 Å². The second-order valence-corrected chi connectivity index (χ2v) is 46.7. The molecule has 0 saturated heterocycles. The van der Waals surface area contributed by atoms with Crippen molar-refractivity contribution in [2.24, 2.45) is 0 Å². The standard InChI is InChI=1S/C23H48O7Si4.C10H20O3Si.C4H12OSi.C3H10OSi.CHF3O3S.4CH4/c1-20(2)22(24)26-16-12-14-18-32(6,7)28-31(5)29-34(10,11)30-33(8,9)19-15-13-17-27-23(25)21(3)4;1-9(2)10(11)13-7-5-6-8-14(3,4)12;1-5-6(2,3)4;1-4-5(2)3;2-1(3,4)8(5,6)7;;;;/h31H,1,3,12-19H2,2,4-11H3;12H,1,5-8H2,2-4H3;1-4H3;5H,1-3H3;(H,5,6,7);4*1H4. The van der Waals surface area contributed by atoms with Crippen LogP contribution in [0.1, 0.15) is 89.0 Å². The maximum absolute atomic E-state index is 11.5. The number of alkyl halides is 3. The van der Waals surface area contributed by atoms with Crippen molar-refractivity contribution in [1.29, 1.82) is 0 Å². The minimum atomic E-state index is -5.84. The summed E-state index contributed by atoms with van der Waals surface area (Å²) >= 11 is 0. The molecule has 1 unspecified atom stereocenters. The van der Waals surface area contributed by atoms with E-state index >= 15 is 0 Å². The number of halogens is 3. The molecule has 71 heavy (non-hydrogen) atoms. The summed E-state index contributed by atoms with van der Waals surface area (Å²) in [5.41, 5.74) is -4.24. The lowest BCUT2D eigenvalue weighted by atomic mass is 10.3. The van der Waals surface area contributed by atoms with Crippen molar-refractivity contribution in [2.75, 3.05) is 34.0 Å². The van der Waals surface area contributed by atoms with Crippen LogP contribution in [0.4, 0.5) is 13.2 Å². The van der Waals surface area contributed by atoms with Crippen LogP contribution in [0.2, 0.25) is 110 Å². The molecule has 0 heterocycles. The van der Waals surface area contributed by atoms with Crippen LogP contribution in [-0.4, -0.2) is 135 Å². The summed E-state index contributed by atoms with van der Waals surface area (Å²) in [7, 11) is -13.9. The van der Waals surface area contributed by atoms with Crippen molar-refractivity contribution in [3.63, 3.8) is 0 Å². The van der Waals surface area contributed by atoms with Crippen molar-refractivity contribution in [2.45, 2.75) is 204 Å². The van der Waals surface area contributed by atoms with Crippen molar-refractivity contribution in [3.05, 3.63) is 36.5 Å². The van der Waals surface area contributed by atoms with Gasteiger partial charge in [0, 0.05) is 30.9 Å². The Hall–Kier alpha value is -1.39. The molecule has 15 nitrogen and oxygen atoms in total. The van der Waals surface area contributed by atoms with Gasteiger partial charge in [-0.1, -0.05) is 68.7 Å². The smallest absolute Gasteiger partial charge is 0.462 e. The van der Waals surface area contributed by atoms with Gasteiger partial charge in [-0.05, 0) is 150 Å². The third-order valence-corrected chi connectivity index (χ3v) is 27.2. The Morgan fingerprint density at radius 2 is 0.845 bits per heavy atom. The molecule has 0 bridgehead atoms. The molecule has 0 radical (unpaired) electrons. The van der Waals surface area contributed by atoms with Crippen LogP contribution < -0.4 is 0 Å². The number of esters is 3. The summed E-state index contributed by atoms with van der Waals surface area (Å²) < 4.78 is 102. The Morgan fingerprint density at radius 1 is 0.577 bits per heavy atom. The van der Waals surface area contributed by atoms with E-state index in [-0.39, 0.29) is 47.6 Å². The van der Waals surface area contributed by atoms with Crippen LogP contribution >= 0.6 is 0 Å². The van der Waals surface area contributed by atoms with E-state index in [0.29, 0.717) is 36.5 Å². The second-order valence-electron chi connectivity index (χ2n) is 19.3. The minimum absolute atomic E-state index is 0. The maximum Gasteiger partial charge on any atom is 0.522 e. The molecular weight excluding hydrogens is 1070 g/mol. The van der Waals surface area contributed by atoms with Crippen LogP contribution in [0.3, 0.4) is 0 Å². The number of hydrogen-bond donors (Lipinski definition) is 2. The van der Waals surface area contributed by atoms with E-state index in [9.17, 15) is 32.4 Å². The van der Waals surface area contributed by atoms with E-state index in [1.54, 1.807) is 35.0 Å². The molecule has 0 aromatic heterocycles. The van der Waals surface area contributed by atoms with Gasteiger partial charge in [-0.3, -0.25) is 4.55 Å². The van der Waals surface area contributed by atoms with Crippen molar-refractivity contribution in [1.82, 2.24) is 0 Å². The van der Waals surface area contributed by atoms with Crippen LogP contribution in [0.5, 0.6) is 0 Å². The Morgan fingerprint density at radius 3 is 1.07 bits per heavy atom. The predicted molar refractivity (Wildman–Crippen MR) is 309 cm³/mol. The zero-order valence-corrected chi connectivity index (χ0v) is 52.6. The Bertz CT molecular complexity index is 1560.